The average Bonchev–Trinajstić information content (AvgIpc) is 2.32. The van der Waals surface area contributed by atoms with Crippen molar-refractivity contribution in [3.63, 3.8) is 0 Å². The molecule has 0 aliphatic carbocycles. The third kappa shape index (κ3) is 4.56. The van der Waals surface area contributed by atoms with Crippen LogP contribution in [-0.4, -0.2) is 19.1 Å². The molecule has 0 radical (unpaired) electrons. The van der Waals surface area contributed by atoms with E-state index in [1.54, 1.807) is 0 Å². The van der Waals surface area contributed by atoms with E-state index in [1.165, 1.54) is 24.5 Å². The molecule has 0 aliphatic heterocycles. The molecule has 3 nitrogen and oxygen atoms in total. The Hall–Kier alpha value is -1.36. The molecule has 0 fully saturated rings. The molecule has 92 valence electrons. The van der Waals surface area contributed by atoms with Gasteiger partial charge in [0.05, 0.1) is 17.3 Å². The Morgan fingerprint density at radius 1 is 1.59 bits per heavy atom. The van der Waals surface area contributed by atoms with Gasteiger partial charge in [-0.3, -0.25) is 4.79 Å². The Morgan fingerprint density at radius 3 is 3.00 bits per heavy atom. The van der Waals surface area contributed by atoms with E-state index in [0.717, 1.165) is 0 Å². The van der Waals surface area contributed by atoms with E-state index in [4.69, 9.17) is 4.74 Å². The van der Waals surface area contributed by atoms with Gasteiger partial charge in [-0.2, -0.15) is 0 Å². The standard InChI is InChI=1S/C12H13BrFNO2/c1-2-17-7-3-6-15-12(16)9-4-5-11(14)10(13)8-9/h2,4-5,8H,1,3,6-7H2,(H,15,16). The topological polar surface area (TPSA) is 38.3 Å². The van der Waals surface area contributed by atoms with Crippen molar-refractivity contribution in [1.82, 2.24) is 5.32 Å². The highest BCUT2D eigenvalue weighted by molar-refractivity contribution is 9.10. The summed E-state index contributed by atoms with van der Waals surface area (Å²) in [7, 11) is 0. The lowest BCUT2D eigenvalue weighted by atomic mass is 10.2. The molecule has 1 N–H and O–H groups in total. The van der Waals surface area contributed by atoms with Crippen molar-refractivity contribution in [3.8, 4) is 0 Å². The molecule has 5 heteroatoms. The molecular formula is C12H13BrFNO2. The first kappa shape index (κ1) is 13.7. The van der Waals surface area contributed by atoms with E-state index in [9.17, 15) is 9.18 Å². The number of benzene rings is 1. The number of nitrogens with one attached hydrogen (secondary N) is 1. The second-order valence-electron chi connectivity index (χ2n) is 3.28. The van der Waals surface area contributed by atoms with Crippen LogP contribution in [0, 0.1) is 5.82 Å². The van der Waals surface area contributed by atoms with E-state index in [2.05, 4.69) is 27.8 Å². The molecule has 0 unspecified atom stereocenters. The summed E-state index contributed by atoms with van der Waals surface area (Å²) in [6.07, 6.45) is 2.05. The third-order valence-corrected chi connectivity index (χ3v) is 2.63. The number of hydrogen-bond acceptors (Lipinski definition) is 2. The van der Waals surface area contributed by atoms with Gasteiger partial charge >= 0.3 is 0 Å². The monoisotopic (exact) mass is 301 g/mol. The SMILES string of the molecule is C=COCCCNC(=O)c1ccc(F)c(Br)c1. The average molecular weight is 302 g/mol. The summed E-state index contributed by atoms with van der Waals surface area (Å²) in [6, 6.07) is 4.14. The fourth-order valence-corrected chi connectivity index (χ4v) is 1.56. The second kappa shape index (κ2) is 7.06. The van der Waals surface area contributed by atoms with Crippen LogP contribution in [0.3, 0.4) is 0 Å². The van der Waals surface area contributed by atoms with Gasteiger partial charge in [-0.15, -0.1) is 0 Å². The van der Waals surface area contributed by atoms with Gasteiger partial charge in [0.15, 0.2) is 0 Å². The summed E-state index contributed by atoms with van der Waals surface area (Å²) in [5.74, 6) is -0.620. The first-order valence-corrected chi connectivity index (χ1v) is 5.90. The fourth-order valence-electron chi connectivity index (χ4n) is 1.18. The lowest BCUT2D eigenvalue weighted by Crippen LogP contribution is -2.25. The van der Waals surface area contributed by atoms with Crippen LogP contribution in [0.15, 0.2) is 35.5 Å². The molecule has 0 aliphatic rings. The van der Waals surface area contributed by atoms with Crippen molar-refractivity contribution in [3.05, 3.63) is 46.9 Å². The number of ether oxygens (including phenoxy) is 1. The van der Waals surface area contributed by atoms with E-state index in [-0.39, 0.29) is 16.2 Å². The zero-order valence-electron chi connectivity index (χ0n) is 9.21. The smallest absolute Gasteiger partial charge is 0.251 e. The van der Waals surface area contributed by atoms with Gasteiger partial charge in [0.2, 0.25) is 0 Å². The molecule has 17 heavy (non-hydrogen) atoms. The Balaban J connectivity index is 2.41. The van der Waals surface area contributed by atoms with Crippen LogP contribution in [0.25, 0.3) is 0 Å². The van der Waals surface area contributed by atoms with Crippen LogP contribution in [-0.2, 0) is 4.74 Å². The van der Waals surface area contributed by atoms with Crippen molar-refractivity contribution >= 4 is 21.8 Å². The van der Waals surface area contributed by atoms with Crippen LogP contribution >= 0.6 is 15.9 Å². The minimum Gasteiger partial charge on any atom is -0.502 e. The molecule has 0 aromatic heterocycles. The van der Waals surface area contributed by atoms with Gasteiger partial charge in [0.25, 0.3) is 5.91 Å². The summed E-state index contributed by atoms with van der Waals surface area (Å²) in [6.45, 7) is 4.42. The highest BCUT2D eigenvalue weighted by Gasteiger charge is 2.07. The van der Waals surface area contributed by atoms with Gasteiger partial charge in [-0.05, 0) is 40.5 Å². The summed E-state index contributed by atoms with van der Waals surface area (Å²) in [5.41, 5.74) is 0.419. The number of hydrogen-bond donors (Lipinski definition) is 1. The van der Waals surface area contributed by atoms with Gasteiger partial charge in [-0.25, -0.2) is 4.39 Å². The van der Waals surface area contributed by atoms with Crippen molar-refractivity contribution in [2.75, 3.05) is 13.2 Å². The molecular weight excluding hydrogens is 289 g/mol. The number of halogens is 2. The Kier molecular flexibility index (Phi) is 5.69. The van der Waals surface area contributed by atoms with Crippen LogP contribution < -0.4 is 5.32 Å². The highest BCUT2D eigenvalue weighted by Crippen LogP contribution is 2.16. The van der Waals surface area contributed by atoms with Crippen molar-refractivity contribution in [2.45, 2.75) is 6.42 Å². The van der Waals surface area contributed by atoms with Crippen LogP contribution in [0.2, 0.25) is 0 Å². The normalized spacial score (nSPS) is 9.76. The summed E-state index contributed by atoms with van der Waals surface area (Å²) < 4.78 is 18.1. The lowest BCUT2D eigenvalue weighted by Gasteiger charge is -2.05. The van der Waals surface area contributed by atoms with Gasteiger partial charge in [-0.1, -0.05) is 6.58 Å². The quantitative estimate of drug-likeness (QED) is 0.648. The third-order valence-electron chi connectivity index (χ3n) is 2.02. The van der Waals surface area contributed by atoms with E-state index in [1.807, 2.05) is 0 Å². The van der Waals surface area contributed by atoms with Crippen LogP contribution in [0.1, 0.15) is 16.8 Å². The number of carbonyl (C=O) groups excluding carboxylic acids is 1. The maximum absolute atomic E-state index is 12.9. The molecule has 0 spiro atoms. The maximum Gasteiger partial charge on any atom is 0.251 e. The number of amides is 1. The predicted molar refractivity (Wildman–Crippen MR) is 67.2 cm³/mol. The van der Waals surface area contributed by atoms with Crippen molar-refractivity contribution < 1.29 is 13.9 Å². The molecule has 1 amide bonds. The molecule has 1 aromatic carbocycles. The minimum atomic E-state index is -0.388. The Morgan fingerprint density at radius 2 is 2.35 bits per heavy atom. The summed E-state index contributed by atoms with van der Waals surface area (Å²) >= 11 is 3.03. The lowest BCUT2D eigenvalue weighted by molar-refractivity contribution is 0.0950. The Bertz CT molecular complexity index is 409. The fraction of sp³-hybridized carbons (Fsp3) is 0.250. The minimum absolute atomic E-state index is 0.232. The molecule has 0 atom stereocenters. The first-order valence-electron chi connectivity index (χ1n) is 5.11. The summed E-state index contributed by atoms with van der Waals surface area (Å²) in [4.78, 5) is 11.6. The molecule has 1 rings (SSSR count). The van der Waals surface area contributed by atoms with Crippen molar-refractivity contribution in [2.24, 2.45) is 0 Å². The predicted octanol–water partition coefficient (Wildman–Crippen LogP) is 2.87. The van der Waals surface area contributed by atoms with Crippen LogP contribution in [0.4, 0.5) is 4.39 Å². The molecule has 1 aromatic rings. The van der Waals surface area contributed by atoms with E-state index in [0.29, 0.717) is 25.1 Å². The number of carbonyl (C=O) groups is 1. The largest absolute Gasteiger partial charge is 0.502 e. The zero-order valence-corrected chi connectivity index (χ0v) is 10.8. The molecule has 0 saturated heterocycles. The van der Waals surface area contributed by atoms with Gasteiger partial charge in [0, 0.05) is 12.1 Å². The molecule has 0 saturated carbocycles. The molecule has 0 bridgehead atoms. The van der Waals surface area contributed by atoms with E-state index >= 15 is 0 Å². The second-order valence-corrected chi connectivity index (χ2v) is 4.13. The van der Waals surface area contributed by atoms with Gasteiger partial charge in [0.1, 0.15) is 5.82 Å². The van der Waals surface area contributed by atoms with Crippen molar-refractivity contribution in [1.29, 1.82) is 0 Å². The van der Waals surface area contributed by atoms with Crippen LogP contribution in [0.5, 0.6) is 0 Å². The number of rotatable bonds is 6. The summed E-state index contributed by atoms with van der Waals surface area (Å²) in [5, 5.41) is 2.71. The first-order chi connectivity index (χ1) is 8.15. The Labute approximate surface area is 108 Å². The molecule has 0 heterocycles. The van der Waals surface area contributed by atoms with E-state index < -0.39 is 0 Å². The highest BCUT2D eigenvalue weighted by atomic mass is 79.9. The maximum atomic E-state index is 12.9. The van der Waals surface area contributed by atoms with Gasteiger partial charge < -0.3 is 10.1 Å². The zero-order chi connectivity index (χ0) is 12.7.